The Hall–Kier alpha value is -7.03. The number of hydrogen-bond acceptors (Lipinski definition) is 11. The minimum Gasteiger partial charge on any atom is -0.485 e. The molecule has 0 amide bonds. The average Bonchev–Trinajstić information content (AvgIpc) is 4.04. The van der Waals surface area contributed by atoms with Crippen LogP contribution in [-0.4, -0.2) is 54.3 Å². The highest BCUT2D eigenvalue weighted by Crippen LogP contribution is 2.46. The first kappa shape index (κ1) is 41.6. The Morgan fingerprint density at radius 2 is 1.15 bits per heavy atom. The van der Waals surface area contributed by atoms with Crippen LogP contribution in [0.2, 0.25) is 0 Å². The van der Waals surface area contributed by atoms with Crippen LogP contribution in [0.25, 0.3) is 22.5 Å². The number of aromatic nitrogens is 4. The molecule has 4 aromatic carbocycles. The van der Waals surface area contributed by atoms with E-state index in [0.29, 0.717) is 47.4 Å². The molecule has 6 aromatic rings. The first-order valence-electron chi connectivity index (χ1n) is 19.0. The second kappa shape index (κ2) is 16.4. The molecule has 0 bridgehead atoms. The highest BCUT2D eigenvalue weighted by atomic mass is 16.6. The van der Waals surface area contributed by atoms with Crippen molar-refractivity contribution in [3.63, 3.8) is 0 Å². The summed E-state index contributed by atoms with van der Waals surface area (Å²) < 4.78 is 12.0. The van der Waals surface area contributed by atoms with Crippen molar-refractivity contribution in [2.45, 2.75) is 79.4 Å². The van der Waals surface area contributed by atoms with Crippen molar-refractivity contribution < 1.29 is 24.1 Å². The first-order valence-corrected chi connectivity index (χ1v) is 19.0. The number of nitrogen functional groups attached to an aromatic ring is 1. The number of nitro benzene ring substituents is 2. The van der Waals surface area contributed by atoms with Crippen molar-refractivity contribution in [2.24, 2.45) is 0 Å². The molecule has 0 saturated heterocycles. The summed E-state index contributed by atoms with van der Waals surface area (Å²) in [6.45, 7) is 15.0. The van der Waals surface area contributed by atoms with Crippen LogP contribution in [-0.2, 0) is 17.6 Å². The molecule has 2 aromatic heterocycles. The van der Waals surface area contributed by atoms with Gasteiger partial charge in [0.15, 0.2) is 11.9 Å². The van der Waals surface area contributed by atoms with Crippen molar-refractivity contribution in [2.75, 3.05) is 17.6 Å². The summed E-state index contributed by atoms with van der Waals surface area (Å²) in [6.07, 6.45) is 5.24. The van der Waals surface area contributed by atoms with E-state index in [-0.39, 0.29) is 21.2 Å². The number of nitrogens with two attached hydrogens (primary N) is 1. The van der Waals surface area contributed by atoms with E-state index in [0.717, 1.165) is 68.2 Å². The van der Waals surface area contributed by atoms with Crippen LogP contribution in [0.4, 0.5) is 22.7 Å². The van der Waals surface area contributed by atoms with E-state index in [1.54, 1.807) is 47.0 Å². The van der Waals surface area contributed by atoms with Gasteiger partial charge in [0.2, 0.25) is 0 Å². The number of aromatic amines is 2. The number of carbonyl (C=O) groups is 1. The quantitative estimate of drug-likeness (QED) is 0.0493. The Balaban J connectivity index is 0.000000165. The topological polar surface area (TPSA) is 217 Å². The second-order valence-electron chi connectivity index (χ2n) is 15.5. The van der Waals surface area contributed by atoms with E-state index in [1.165, 1.54) is 0 Å². The average molecular weight is 801 g/mol. The fourth-order valence-corrected chi connectivity index (χ4v) is 7.58. The first-order chi connectivity index (χ1) is 28.0. The largest absolute Gasteiger partial charge is 0.485 e. The van der Waals surface area contributed by atoms with Crippen molar-refractivity contribution in [3.05, 3.63) is 138 Å². The van der Waals surface area contributed by atoms with Crippen LogP contribution in [0, 0.1) is 61.8 Å². The fraction of sp³-hybridized carbons (Fsp3) is 0.295. The highest BCUT2D eigenvalue weighted by Gasteiger charge is 2.41. The zero-order chi connectivity index (χ0) is 42.8. The van der Waals surface area contributed by atoms with E-state index in [1.807, 2.05) is 81.4 Å². The second-order valence-corrected chi connectivity index (χ2v) is 15.5. The maximum atomic E-state index is 11.5. The summed E-state index contributed by atoms with van der Waals surface area (Å²) in [4.78, 5) is 33.1. The maximum Gasteiger partial charge on any atom is 0.275 e. The molecule has 59 heavy (non-hydrogen) atoms. The molecule has 0 aliphatic carbocycles. The van der Waals surface area contributed by atoms with Gasteiger partial charge >= 0.3 is 0 Å². The third-order valence-electron chi connectivity index (χ3n) is 11.1. The van der Waals surface area contributed by atoms with Gasteiger partial charge in [0.05, 0.1) is 27.8 Å². The van der Waals surface area contributed by atoms with E-state index >= 15 is 0 Å². The Morgan fingerprint density at radius 1 is 0.695 bits per heavy atom. The molecular weight excluding hydrogens is 753 g/mol. The van der Waals surface area contributed by atoms with Gasteiger partial charge in [-0.15, -0.1) is 0 Å². The van der Waals surface area contributed by atoms with Crippen LogP contribution < -0.4 is 20.5 Å². The SMILES string of the molecule is Cc1c(C)c([N+](=O)[O-])c(C)c2c1OC(C)(C=O)C2.Cc1c(C)c([N+](=O)[O-])c(C)c2c1OC(C)(CNc1ccc(-c3ccn[nH]3)cc1)C2.Nc1ccc(-c2ccn[nH]2)cc1. The number of carbonyl (C=O) groups excluding carboxylic acids is 1. The molecule has 2 aliphatic rings. The summed E-state index contributed by atoms with van der Waals surface area (Å²) in [7, 11) is 0. The van der Waals surface area contributed by atoms with Gasteiger partial charge in [-0.05, 0) is 103 Å². The lowest BCUT2D eigenvalue weighted by molar-refractivity contribution is -0.386. The van der Waals surface area contributed by atoms with Gasteiger partial charge in [0, 0.05) is 81.1 Å². The molecule has 0 radical (unpaired) electrons. The van der Waals surface area contributed by atoms with Crippen LogP contribution in [0.3, 0.4) is 0 Å². The van der Waals surface area contributed by atoms with Gasteiger partial charge in [0.1, 0.15) is 17.1 Å². The summed E-state index contributed by atoms with van der Waals surface area (Å²) in [5.41, 5.74) is 16.3. The molecule has 0 fully saturated rings. The molecule has 5 N–H and O–H groups in total. The Labute approximate surface area is 341 Å². The number of anilines is 2. The number of benzene rings is 4. The fourth-order valence-electron chi connectivity index (χ4n) is 7.58. The third-order valence-corrected chi connectivity index (χ3v) is 11.1. The molecule has 15 heteroatoms. The van der Waals surface area contributed by atoms with Crippen LogP contribution in [0.5, 0.6) is 11.5 Å². The minimum atomic E-state index is -0.903. The monoisotopic (exact) mass is 800 g/mol. The number of nitrogens with zero attached hydrogens (tertiary/aromatic N) is 4. The lowest BCUT2D eigenvalue weighted by Gasteiger charge is -2.25. The molecule has 2 aliphatic heterocycles. The van der Waals surface area contributed by atoms with Gasteiger partial charge in [0.25, 0.3) is 11.4 Å². The minimum absolute atomic E-state index is 0.130. The lowest BCUT2D eigenvalue weighted by atomic mass is 9.92. The van der Waals surface area contributed by atoms with Crippen molar-refractivity contribution in [3.8, 4) is 34.0 Å². The number of nitro groups is 2. The zero-order valence-electron chi connectivity index (χ0n) is 34.4. The number of fused-ring (bicyclic) bond motifs is 2. The summed E-state index contributed by atoms with van der Waals surface area (Å²) in [6, 6.07) is 19.6. The molecule has 4 heterocycles. The van der Waals surface area contributed by atoms with Crippen molar-refractivity contribution in [1.29, 1.82) is 0 Å². The van der Waals surface area contributed by atoms with Gasteiger partial charge in [-0.1, -0.05) is 24.3 Å². The zero-order valence-corrected chi connectivity index (χ0v) is 34.4. The Kier molecular flexibility index (Phi) is 11.6. The van der Waals surface area contributed by atoms with E-state index in [2.05, 4.69) is 25.7 Å². The Bertz CT molecular complexity index is 2520. The molecule has 2 unspecified atom stereocenters. The summed E-state index contributed by atoms with van der Waals surface area (Å²) in [5, 5.41) is 39.8. The number of rotatable bonds is 8. The van der Waals surface area contributed by atoms with Crippen molar-refractivity contribution in [1.82, 2.24) is 20.4 Å². The number of aldehydes is 1. The summed E-state index contributed by atoms with van der Waals surface area (Å²) in [5.74, 6) is 1.43. The van der Waals surface area contributed by atoms with Gasteiger partial charge in [-0.25, -0.2) is 0 Å². The van der Waals surface area contributed by atoms with E-state index < -0.39 is 11.2 Å². The molecule has 306 valence electrons. The normalized spacial score (nSPS) is 17.2. The van der Waals surface area contributed by atoms with Gasteiger partial charge in [-0.2, -0.15) is 10.2 Å². The van der Waals surface area contributed by atoms with E-state index in [9.17, 15) is 25.0 Å². The molecule has 2 atom stereocenters. The Morgan fingerprint density at radius 3 is 1.59 bits per heavy atom. The smallest absolute Gasteiger partial charge is 0.275 e. The predicted octanol–water partition coefficient (Wildman–Crippen LogP) is 8.79. The maximum absolute atomic E-state index is 11.5. The van der Waals surface area contributed by atoms with Gasteiger partial charge in [-0.3, -0.25) is 35.2 Å². The van der Waals surface area contributed by atoms with Crippen LogP contribution in [0.15, 0.2) is 73.1 Å². The van der Waals surface area contributed by atoms with Gasteiger partial charge < -0.3 is 20.5 Å². The number of ether oxygens (including phenoxy) is 2. The van der Waals surface area contributed by atoms with Crippen LogP contribution >= 0.6 is 0 Å². The molecular formula is C44H48N8O7. The summed E-state index contributed by atoms with van der Waals surface area (Å²) >= 11 is 0. The molecule has 15 nitrogen and oxygen atoms in total. The molecule has 0 spiro atoms. The van der Waals surface area contributed by atoms with Crippen LogP contribution in [0.1, 0.15) is 58.4 Å². The number of nitrogens with one attached hydrogen (secondary N) is 3. The predicted molar refractivity (Wildman–Crippen MR) is 227 cm³/mol. The van der Waals surface area contributed by atoms with Crippen molar-refractivity contribution >= 4 is 29.0 Å². The lowest BCUT2D eigenvalue weighted by Crippen LogP contribution is -2.38. The molecule has 0 saturated carbocycles. The highest BCUT2D eigenvalue weighted by molar-refractivity contribution is 5.71. The van der Waals surface area contributed by atoms with E-state index in [4.69, 9.17) is 15.2 Å². The standard InChI is InChI=1S/C22H24N4O3.C13H15NO4.C9H9N3/c1-13-14(2)21-18(15(3)20(13)26(27)28)11-22(4,29-21)12-23-17-7-5-16(6-8-17)19-9-10-24-25-19;1-7-8(2)12-10(5-13(4,6-15)18-12)9(3)11(7)14(16)17;10-8-3-1-7(2-4-8)9-5-6-11-12-9/h5-10,23H,11-12H2,1-4H3,(H,24,25);6H,5H2,1-4H3;1-6H,10H2,(H,11,12). The number of H-pyrrole nitrogens is 2. The number of hydrogen-bond donors (Lipinski definition) is 4. The molecule has 8 rings (SSSR count). The third kappa shape index (κ3) is 8.49.